The molecule has 5 unspecified atom stereocenters. The van der Waals surface area contributed by atoms with Crippen LogP contribution in [0.2, 0.25) is 0 Å². The van der Waals surface area contributed by atoms with E-state index in [1.807, 2.05) is 0 Å². The lowest BCUT2D eigenvalue weighted by Crippen LogP contribution is -2.67. The third-order valence-electron chi connectivity index (χ3n) is 6.17. The van der Waals surface area contributed by atoms with Crippen molar-refractivity contribution in [2.24, 2.45) is 0 Å². The van der Waals surface area contributed by atoms with Gasteiger partial charge in [0.25, 0.3) is 0 Å². The summed E-state index contributed by atoms with van der Waals surface area (Å²) in [7, 11) is 0. The summed E-state index contributed by atoms with van der Waals surface area (Å²) in [5, 5.41) is 0. The first-order chi connectivity index (χ1) is 21.9. The summed E-state index contributed by atoms with van der Waals surface area (Å²) in [5.41, 5.74) is 0. The molecule has 19 heteroatoms. The largest absolute Gasteiger partial charge is 0.463 e. The van der Waals surface area contributed by atoms with Crippen molar-refractivity contribution in [1.29, 1.82) is 0 Å². The summed E-state index contributed by atoms with van der Waals surface area (Å²) in [6.45, 7) is 7.05. The molecule has 19 nitrogen and oxygen atoms in total. The average molecular weight is 679 g/mol. The molecule has 0 radical (unpaired) electrons. The van der Waals surface area contributed by atoms with Gasteiger partial charge in [-0.05, 0) is 0 Å². The molecule has 0 aliphatic carbocycles. The van der Waals surface area contributed by atoms with Crippen molar-refractivity contribution in [2.75, 3.05) is 13.2 Å². The van der Waals surface area contributed by atoms with Gasteiger partial charge in [-0.15, -0.1) is 0 Å². The van der Waals surface area contributed by atoms with Crippen LogP contribution < -0.4 is 0 Å². The molecule has 264 valence electrons. The Hall–Kier alpha value is -4.36. The summed E-state index contributed by atoms with van der Waals surface area (Å²) in [6, 6.07) is 0. The fourth-order valence-electron chi connectivity index (χ4n) is 4.73. The van der Waals surface area contributed by atoms with E-state index >= 15 is 0 Å². The lowest BCUT2D eigenvalue weighted by Gasteiger charge is -2.48. The molecule has 2 aliphatic rings. The molecule has 2 heterocycles. The molecule has 0 saturated carbocycles. The molecule has 2 saturated heterocycles. The van der Waals surface area contributed by atoms with Crippen LogP contribution in [0, 0.1) is 0 Å². The number of ether oxygens (including phenoxy) is 11. The normalized spacial score (nSPS) is 30.0. The Balaban J connectivity index is 2.73. The van der Waals surface area contributed by atoms with Crippen LogP contribution in [0.3, 0.4) is 0 Å². The molecule has 0 N–H and O–H groups in total. The van der Waals surface area contributed by atoms with Crippen molar-refractivity contribution < 1.29 is 90.5 Å². The number of carbonyl (C=O) groups excluding carboxylic acids is 8. The van der Waals surface area contributed by atoms with Crippen LogP contribution in [0.5, 0.6) is 0 Å². The zero-order chi connectivity index (χ0) is 35.6. The molecule has 0 aromatic rings. The van der Waals surface area contributed by atoms with E-state index < -0.39 is 122 Å². The number of rotatable bonds is 12. The van der Waals surface area contributed by atoms with Crippen molar-refractivity contribution in [3.05, 3.63) is 0 Å². The van der Waals surface area contributed by atoms with Gasteiger partial charge in [0.15, 0.2) is 30.7 Å². The van der Waals surface area contributed by atoms with Crippen molar-refractivity contribution in [1.82, 2.24) is 0 Å². The summed E-state index contributed by atoms with van der Waals surface area (Å²) >= 11 is 0. The number of hydrogen-bond donors (Lipinski definition) is 0. The van der Waals surface area contributed by atoms with Crippen LogP contribution in [0.1, 0.15) is 55.4 Å². The summed E-state index contributed by atoms with van der Waals surface area (Å²) < 4.78 is 60.2. The Morgan fingerprint density at radius 1 is 0.383 bits per heavy atom. The van der Waals surface area contributed by atoms with E-state index in [4.69, 9.17) is 52.1 Å². The number of hydrogen-bond acceptors (Lipinski definition) is 19. The van der Waals surface area contributed by atoms with E-state index in [1.54, 1.807) is 0 Å². The topological polar surface area (TPSA) is 238 Å². The predicted molar refractivity (Wildman–Crippen MR) is 145 cm³/mol. The first-order valence-electron chi connectivity index (χ1n) is 14.2. The number of carbonyl (C=O) groups is 8. The van der Waals surface area contributed by atoms with E-state index in [9.17, 15) is 38.4 Å². The van der Waals surface area contributed by atoms with Gasteiger partial charge in [0.05, 0.1) is 0 Å². The van der Waals surface area contributed by atoms with Gasteiger partial charge >= 0.3 is 47.8 Å². The third kappa shape index (κ3) is 12.1. The summed E-state index contributed by atoms with van der Waals surface area (Å²) in [4.78, 5) is 96.3. The van der Waals surface area contributed by atoms with Crippen LogP contribution in [0.4, 0.5) is 0 Å². The second-order valence-corrected chi connectivity index (χ2v) is 10.3. The van der Waals surface area contributed by atoms with E-state index in [0.717, 1.165) is 55.4 Å². The van der Waals surface area contributed by atoms with Gasteiger partial charge in [-0.1, -0.05) is 0 Å². The van der Waals surface area contributed by atoms with Crippen LogP contribution in [0.15, 0.2) is 0 Å². The lowest BCUT2D eigenvalue weighted by molar-refractivity contribution is -0.357. The Labute approximate surface area is 268 Å². The molecule has 10 atom stereocenters. The number of esters is 8. The van der Waals surface area contributed by atoms with E-state index in [1.165, 1.54) is 0 Å². The molecular weight excluding hydrogens is 640 g/mol. The molecule has 0 aromatic heterocycles. The van der Waals surface area contributed by atoms with Crippen molar-refractivity contribution in [3.8, 4) is 0 Å². The third-order valence-corrected chi connectivity index (χ3v) is 6.17. The lowest BCUT2D eigenvalue weighted by atomic mass is 9.96. The van der Waals surface area contributed by atoms with Gasteiger partial charge < -0.3 is 52.1 Å². The van der Waals surface area contributed by atoms with Gasteiger partial charge in [-0.25, -0.2) is 0 Å². The molecule has 2 rings (SSSR count). The van der Waals surface area contributed by atoms with Crippen LogP contribution in [-0.4, -0.2) is 122 Å². The Kier molecular flexibility index (Phi) is 14.5. The fraction of sp³-hybridized carbons (Fsp3) is 0.714. The minimum absolute atomic E-state index is 0.590. The van der Waals surface area contributed by atoms with E-state index in [2.05, 4.69) is 0 Å². The Bertz CT molecular complexity index is 1200. The Morgan fingerprint density at radius 2 is 0.702 bits per heavy atom. The molecule has 0 bridgehead atoms. The maximum Gasteiger partial charge on any atom is 0.305 e. The highest BCUT2D eigenvalue weighted by Crippen LogP contribution is 2.35. The van der Waals surface area contributed by atoms with Crippen molar-refractivity contribution in [2.45, 2.75) is 117 Å². The molecular formula is C28H38O19. The predicted octanol–water partition coefficient (Wildman–Crippen LogP) is -0.831. The van der Waals surface area contributed by atoms with Gasteiger partial charge in [0.1, 0.15) is 31.5 Å². The van der Waals surface area contributed by atoms with E-state index in [0.29, 0.717) is 0 Å². The first kappa shape index (κ1) is 38.8. The van der Waals surface area contributed by atoms with Crippen molar-refractivity contribution in [3.63, 3.8) is 0 Å². The maximum absolute atomic E-state index is 12.3. The first-order valence-corrected chi connectivity index (χ1v) is 14.2. The smallest absolute Gasteiger partial charge is 0.305 e. The zero-order valence-corrected chi connectivity index (χ0v) is 26.9. The summed E-state index contributed by atoms with van der Waals surface area (Å²) in [5.74, 6) is -7.02. The zero-order valence-electron chi connectivity index (χ0n) is 26.9. The van der Waals surface area contributed by atoms with Gasteiger partial charge in [0.2, 0.25) is 12.4 Å². The highest BCUT2D eigenvalue weighted by Gasteiger charge is 2.58. The highest BCUT2D eigenvalue weighted by molar-refractivity contribution is 5.70. The van der Waals surface area contributed by atoms with E-state index in [-0.39, 0.29) is 0 Å². The average Bonchev–Trinajstić information content (AvgIpc) is 2.91. The van der Waals surface area contributed by atoms with Gasteiger partial charge in [-0.3, -0.25) is 38.4 Å². The molecule has 0 spiro atoms. The Morgan fingerprint density at radius 3 is 1.11 bits per heavy atom. The second kappa shape index (κ2) is 17.5. The van der Waals surface area contributed by atoms with Gasteiger partial charge in [-0.2, -0.15) is 0 Å². The van der Waals surface area contributed by atoms with Crippen LogP contribution in [-0.2, 0) is 90.5 Å². The van der Waals surface area contributed by atoms with Gasteiger partial charge in [0, 0.05) is 55.4 Å². The van der Waals surface area contributed by atoms with Crippen LogP contribution in [0.25, 0.3) is 0 Å². The minimum atomic E-state index is -1.83. The fourth-order valence-corrected chi connectivity index (χ4v) is 4.73. The molecule has 0 aromatic carbocycles. The standard InChI is InChI=1S/C28H38O19/c1-11(29)37-9-19-21(39-13(3)31)23(40-14(4)32)26(43-17(7)35)28(46-19)47-22-20(10-38-12(2)30)45-27(44-18(8)36)25(42-16(6)34)24(22)41-15(5)33/h19-28H,9-10H2,1-8H3/t19?,20?,21-,22+,23-,24-,25?,26?,27?,28-/m0/s1. The minimum Gasteiger partial charge on any atom is -0.463 e. The summed E-state index contributed by atoms with van der Waals surface area (Å²) in [6.07, 6.45) is -16.3. The SMILES string of the molecule is CC(=O)OCC1OC(OC(C)=O)C(OC(C)=O)[C@@H](OC(C)=O)[C@@H]1O[C@@H]1OC(COC(C)=O)[C@H](OC(C)=O)[C@H](OC(C)=O)C1OC(C)=O. The van der Waals surface area contributed by atoms with Crippen molar-refractivity contribution >= 4 is 47.8 Å². The van der Waals surface area contributed by atoms with Crippen LogP contribution >= 0.6 is 0 Å². The molecule has 47 heavy (non-hydrogen) atoms. The maximum atomic E-state index is 12.3. The molecule has 0 amide bonds. The highest BCUT2D eigenvalue weighted by atomic mass is 16.8. The monoisotopic (exact) mass is 678 g/mol. The molecule has 2 fully saturated rings. The quantitative estimate of drug-likeness (QED) is 0.181. The second-order valence-electron chi connectivity index (χ2n) is 10.3. The molecule has 2 aliphatic heterocycles.